The molecule has 1 aliphatic rings. The Morgan fingerprint density at radius 3 is 2.17 bits per heavy atom. The van der Waals surface area contributed by atoms with Crippen LogP contribution >= 0.6 is 42.6 Å². The van der Waals surface area contributed by atoms with E-state index in [-0.39, 0.29) is 47.4 Å². The van der Waals surface area contributed by atoms with Gasteiger partial charge in [-0.05, 0) is 47.9 Å². The molecule has 6 aromatic rings. The molecule has 1 N–H and O–H groups in total. The molecule has 0 aliphatic carbocycles. The molecule has 4 atom stereocenters. The van der Waals surface area contributed by atoms with Gasteiger partial charge in [0.1, 0.15) is 35.6 Å². The van der Waals surface area contributed by atoms with Crippen LogP contribution in [0.2, 0.25) is 15.1 Å². The minimum absolute atomic E-state index is 0.0497. The van der Waals surface area contributed by atoms with Crippen molar-refractivity contribution in [3.63, 3.8) is 0 Å². The Balaban J connectivity index is 1.28. The number of aromatic nitrogens is 4. The topological polar surface area (TPSA) is 153 Å². The van der Waals surface area contributed by atoms with E-state index in [1.807, 2.05) is 84.9 Å². The van der Waals surface area contributed by atoms with Crippen LogP contribution in [0.3, 0.4) is 0 Å². The van der Waals surface area contributed by atoms with Crippen molar-refractivity contribution in [1.29, 1.82) is 0 Å². The number of hydrogen-bond acceptors (Lipinski definition) is 11. The van der Waals surface area contributed by atoms with Gasteiger partial charge < -0.3 is 18.7 Å². The fraction of sp³-hybridized carbons (Fsp3) is 0.238. The summed E-state index contributed by atoms with van der Waals surface area (Å²) >= 11 is 18.7. The molecule has 13 nitrogen and oxygen atoms in total. The quantitative estimate of drug-likeness (QED) is 0.0734. The first kappa shape index (κ1) is 42.3. The van der Waals surface area contributed by atoms with Crippen molar-refractivity contribution in [2.45, 2.75) is 43.8 Å². The third-order valence-corrected chi connectivity index (χ3v) is 11.8. The van der Waals surface area contributed by atoms with E-state index in [0.717, 1.165) is 16.7 Å². The number of phosphoric acid groups is 1. The molecule has 17 heteroatoms. The molecule has 0 spiro atoms. The third kappa shape index (κ3) is 9.81. The second-order valence-electron chi connectivity index (χ2n) is 13.5. The largest absolute Gasteiger partial charge is 0.530 e. The van der Waals surface area contributed by atoms with Crippen molar-refractivity contribution in [2.75, 3.05) is 20.3 Å². The van der Waals surface area contributed by atoms with E-state index in [0.29, 0.717) is 16.6 Å². The van der Waals surface area contributed by atoms with E-state index >= 15 is 0 Å². The summed E-state index contributed by atoms with van der Waals surface area (Å²) in [5.74, 6) is 0.952. The van der Waals surface area contributed by atoms with Gasteiger partial charge in [-0.1, -0.05) is 108 Å². The number of halogens is 3. The van der Waals surface area contributed by atoms with Gasteiger partial charge in [0, 0.05) is 48.1 Å². The van der Waals surface area contributed by atoms with E-state index in [2.05, 4.69) is 15.0 Å². The maximum Gasteiger partial charge on any atom is 0.530 e. The number of hydrogen-bond donors (Lipinski definition) is 1. The standard InChI is InChI=1S/C42H38Cl3N4O9P/c1-27-25-49(41(51)48-40(27)50)39-22-36(58-59(52,57-35-21-31(43)15-18-34(35)45)55-20-19-38-46-23-32(44)24-47-38)37(56-39)26-54-42(28-9-5-3-6-10-28,29-11-7-4-8-12-29)30-13-16-33(53-2)17-14-30/h3-18,21,23-25,36-37,39H,19-20,22,26H2,1-2H3,(H,48,50,51)/t36-,37+,39+,59?/m0/s1. The Morgan fingerprint density at radius 1 is 0.881 bits per heavy atom. The van der Waals surface area contributed by atoms with Gasteiger partial charge in [0.05, 0.1) is 30.4 Å². The summed E-state index contributed by atoms with van der Waals surface area (Å²) in [6.45, 7) is 1.18. The summed E-state index contributed by atoms with van der Waals surface area (Å²) in [7, 11) is -3.04. The van der Waals surface area contributed by atoms with Crippen molar-refractivity contribution in [1.82, 2.24) is 19.5 Å². The van der Waals surface area contributed by atoms with Crippen molar-refractivity contribution in [2.24, 2.45) is 0 Å². The number of benzene rings is 4. The number of H-pyrrole nitrogens is 1. The van der Waals surface area contributed by atoms with Crippen LogP contribution in [0.15, 0.2) is 131 Å². The van der Waals surface area contributed by atoms with Crippen LogP contribution in [-0.2, 0) is 35.1 Å². The van der Waals surface area contributed by atoms with Gasteiger partial charge in [0.15, 0.2) is 5.75 Å². The molecule has 0 amide bonds. The molecule has 59 heavy (non-hydrogen) atoms. The zero-order chi connectivity index (χ0) is 41.6. The first-order valence-electron chi connectivity index (χ1n) is 18.4. The van der Waals surface area contributed by atoms with E-state index in [9.17, 15) is 14.2 Å². The van der Waals surface area contributed by atoms with E-state index in [1.165, 1.54) is 35.3 Å². The Bertz CT molecular complexity index is 2490. The molecule has 1 saturated heterocycles. The van der Waals surface area contributed by atoms with Crippen LogP contribution in [0, 0.1) is 6.92 Å². The van der Waals surface area contributed by atoms with Crippen LogP contribution in [0.1, 0.15) is 40.7 Å². The van der Waals surface area contributed by atoms with Gasteiger partial charge in [-0.3, -0.25) is 23.4 Å². The molecule has 2 aromatic heterocycles. The third-order valence-electron chi connectivity index (χ3n) is 9.57. The maximum atomic E-state index is 14.9. The molecule has 7 rings (SSSR count). The highest BCUT2D eigenvalue weighted by Crippen LogP contribution is 2.55. The second kappa shape index (κ2) is 18.6. The van der Waals surface area contributed by atoms with E-state index in [4.69, 9.17) is 62.6 Å². The minimum Gasteiger partial charge on any atom is -0.497 e. The number of ether oxygens (including phenoxy) is 3. The molecule has 0 radical (unpaired) electrons. The number of aryl methyl sites for hydroxylation is 1. The first-order chi connectivity index (χ1) is 28.5. The Hall–Kier alpha value is -4.82. The number of rotatable bonds is 16. The van der Waals surface area contributed by atoms with E-state index in [1.54, 1.807) is 20.1 Å². The second-order valence-corrected chi connectivity index (χ2v) is 16.3. The normalized spacial score (nSPS) is 17.7. The first-order valence-corrected chi connectivity index (χ1v) is 21.0. The molecule has 4 aromatic carbocycles. The summed E-state index contributed by atoms with van der Waals surface area (Å²) in [5.41, 5.74) is 0.164. The number of nitrogens with zero attached hydrogens (tertiary/aromatic N) is 3. The lowest BCUT2D eigenvalue weighted by molar-refractivity contribution is -0.0937. The summed E-state index contributed by atoms with van der Waals surface area (Å²) in [5, 5.41) is 0.693. The fourth-order valence-corrected chi connectivity index (χ4v) is 8.58. The van der Waals surface area contributed by atoms with Crippen molar-refractivity contribution < 1.29 is 32.3 Å². The van der Waals surface area contributed by atoms with E-state index < -0.39 is 43.1 Å². The van der Waals surface area contributed by atoms with Crippen molar-refractivity contribution in [3.05, 3.63) is 186 Å². The van der Waals surface area contributed by atoms with Crippen LogP contribution in [0.4, 0.5) is 0 Å². The molecule has 1 fully saturated rings. The Labute approximate surface area is 354 Å². The fourth-order valence-electron chi connectivity index (χ4n) is 6.69. The van der Waals surface area contributed by atoms with Gasteiger partial charge in [0.2, 0.25) is 0 Å². The highest BCUT2D eigenvalue weighted by atomic mass is 35.5. The lowest BCUT2D eigenvalue weighted by atomic mass is 9.80. The average Bonchev–Trinajstić information content (AvgIpc) is 3.63. The molecule has 0 bridgehead atoms. The van der Waals surface area contributed by atoms with Crippen LogP contribution in [0.5, 0.6) is 11.5 Å². The highest BCUT2D eigenvalue weighted by molar-refractivity contribution is 7.49. The van der Waals surface area contributed by atoms with Gasteiger partial charge in [0.25, 0.3) is 5.56 Å². The summed E-state index contributed by atoms with van der Waals surface area (Å²) in [6, 6.07) is 31.3. The molecule has 3 heterocycles. The molecular formula is C42H38Cl3N4O9P. The Morgan fingerprint density at radius 2 is 1.53 bits per heavy atom. The minimum atomic E-state index is -4.64. The summed E-state index contributed by atoms with van der Waals surface area (Å²) in [4.78, 5) is 36.3. The molecular weight excluding hydrogens is 842 g/mol. The predicted molar refractivity (Wildman–Crippen MR) is 223 cm³/mol. The average molecular weight is 880 g/mol. The smallest absolute Gasteiger partial charge is 0.497 e. The zero-order valence-electron chi connectivity index (χ0n) is 31.7. The lowest BCUT2D eigenvalue weighted by Crippen LogP contribution is -2.38. The number of methoxy groups -OCH3 is 1. The summed E-state index contributed by atoms with van der Waals surface area (Å²) < 4.78 is 53.5. The molecule has 306 valence electrons. The van der Waals surface area contributed by atoms with Gasteiger partial charge in [-0.15, -0.1) is 0 Å². The highest BCUT2D eigenvalue weighted by Gasteiger charge is 2.47. The van der Waals surface area contributed by atoms with Crippen molar-refractivity contribution in [3.8, 4) is 11.5 Å². The van der Waals surface area contributed by atoms with Crippen LogP contribution < -0.4 is 20.5 Å². The monoisotopic (exact) mass is 878 g/mol. The predicted octanol–water partition coefficient (Wildman–Crippen LogP) is 8.73. The zero-order valence-corrected chi connectivity index (χ0v) is 34.9. The van der Waals surface area contributed by atoms with Gasteiger partial charge in [-0.2, -0.15) is 0 Å². The number of aromatic amines is 1. The number of nitrogens with one attached hydrogen (secondary N) is 1. The molecule has 0 saturated carbocycles. The molecule has 1 unspecified atom stereocenters. The van der Waals surface area contributed by atoms with Crippen LogP contribution in [0.25, 0.3) is 0 Å². The SMILES string of the molecule is COc1ccc(C(OC[C@H]2O[C@@H](n3cc(C)c(=O)[nH]c3=O)C[C@@H]2OP(=O)(OCCc2ncc(Cl)cn2)Oc2cc(Cl)ccc2Cl)(c2ccccc2)c2ccccc2)cc1. The summed E-state index contributed by atoms with van der Waals surface area (Å²) in [6.07, 6.45) is 1.19. The lowest BCUT2D eigenvalue weighted by Gasteiger charge is -2.37. The molecule has 1 aliphatic heterocycles. The maximum absolute atomic E-state index is 14.9. The van der Waals surface area contributed by atoms with Crippen molar-refractivity contribution >= 4 is 42.6 Å². The number of phosphoric ester groups is 1. The van der Waals surface area contributed by atoms with Crippen LogP contribution in [-0.4, -0.2) is 52.1 Å². The van der Waals surface area contributed by atoms with Gasteiger partial charge in [-0.25, -0.2) is 19.3 Å². The van der Waals surface area contributed by atoms with Gasteiger partial charge >= 0.3 is 13.5 Å². The Kier molecular flexibility index (Phi) is 13.4.